The molecule has 98 valence electrons. The molecule has 1 unspecified atom stereocenters. The van der Waals surface area contributed by atoms with Crippen molar-refractivity contribution in [2.45, 2.75) is 19.4 Å². The summed E-state index contributed by atoms with van der Waals surface area (Å²) in [6.07, 6.45) is 0.896. The largest absolute Gasteiger partial charge is 0.478 e. The highest BCUT2D eigenvalue weighted by Gasteiger charge is 2.26. The lowest BCUT2D eigenvalue weighted by molar-refractivity contribution is 0.0694. The van der Waals surface area contributed by atoms with Crippen molar-refractivity contribution in [1.82, 2.24) is 0 Å². The predicted octanol–water partition coefficient (Wildman–Crippen LogP) is 1.58. The second-order valence-corrected chi connectivity index (χ2v) is 4.38. The number of carbonyl (C=O) groups is 1. The number of carboxylic acids is 1. The number of para-hydroxylation sites is 1. The first-order valence-corrected chi connectivity index (χ1v) is 6.11. The van der Waals surface area contributed by atoms with E-state index in [0.29, 0.717) is 31.1 Å². The van der Waals surface area contributed by atoms with Gasteiger partial charge in [-0.25, -0.2) is 4.79 Å². The zero-order valence-corrected chi connectivity index (χ0v) is 10.4. The van der Waals surface area contributed by atoms with Gasteiger partial charge in [0, 0.05) is 6.54 Å². The van der Waals surface area contributed by atoms with E-state index in [1.165, 1.54) is 0 Å². The minimum atomic E-state index is -0.946. The average Bonchev–Trinajstić information content (AvgIpc) is 2.38. The fourth-order valence-corrected chi connectivity index (χ4v) is 2.34. The van der Waals surface area contributed by atoms with Crippen molar-refractivity contribution >= 4 is 17.3 Å². The van der Waals surface area contributed by atoms with E-state index in [0.717, 1.165) is 6.42 Å². The molecule has 3 N–H and O–H groups in total. The first kappa shape index (κ1) is 12.7. The van der Waals surface area contributed by atoms with Crippen LogP contribution < -0.4 is 10.6 Å². The Bertz CT molecular complexity index is 448. The molecule has 0 spiro atoms. The van der Waals surface area contributed by atoms with Gasteiger partial charge in [0.1, 0.15) is 0 Å². The van der Waals surface area contributed by atoms with Gasteiger partial charge < -0.3 is 20.5 Å². The van der Waals surface area contributed by atoms with Gasteiger partial charge in [-0.1, -0.05) is 13.0 Å². The molecule has 1 atom stereocenters. The van der Waals surface area contributed by atoms with E-state index in [-0.39, 0.29) is 11.6 Å². The molecule has 5 nitrogen and oxygen atoms in total. The summed E-state index contributed by atoms with van der Waals surface area (Å²) in [4.78, 5) is 13.4. The first-order valence-electron chi connectivity index (χ1n) is 6.11. The Balaban J connectivity index is 2.44. The number of rotatable bonds is 3. The van der Waals surface area contributed by atoms with Crippen LogP contribution in [0.4, 0.5) is 11.4 Å². The molecular formula is C13H18N2O3. The normalized spacial score (nSPS) is 19.8. The number of anilines is 2. The topological polar surface area (TPSA) is 75.8 Å². The number of benzene rings is 1. The molecular weight excluding hydrogens is 232 g/mol. The Morgan fingerprint density at radius 3 is 3.06 bits per heavy atom. The summed E-state index contributed by atoms with van der Waals surface area (Å²) >= 11 is 0. The molecule has 5 heteroatoms. The van der Waals surface area contributed by atoms with E-state index in [1.807, 2.05) is 0 Å². The van der Waals surface area contributed by atoms with Gasteiger partial charge in [0.2, 0.25) is 0 Å². The van der Waals surface area contributed by atoms with E-state index in [1.54, 1.807) is 18.2 Å². The van der Waals surface area contributed by atoms with Crippen LogP contribution in [0, 0.1) is 0 Å². The number of nitrogens with two attached hydrogens (primary N) is 1. The van der Waals surface area contributed by atoms with Gasteiger partial charge in [-0.3, -0.25) is 0 Å². The third-order valence-electron chi connectivity index (χ3n) is 3.28. The molecule has 0 radical (unpaired) electrons. The summed E-state index contributed by atoms with van der Waals surface area (Å²) in [7, 11) is 0. The van der Waals surface area contributed by atoms with E-state index >= 15 is 0 Å². The molecule has 0 aromatic heterocycles. The van der Waals surface area contributed by atoms with Gasteiger partial charge >= 0.3 is 5.97 Å². The number of ether oxygens (including phenoxy) is 1. The quantitative estimate of drug-likeness (QED) is 0.797. The molecule has 1 aromatic carbocycles. The van der Waals surface area contributed by atoms with Crippen molar-refractivity contribution in [1.29, 1.82) is 0 Å². The minimum absolute atomic E-state index is 0.182. The van der Waals surface area contributed by atoms with Gasteiger partial charge in [0.15, 0.2) is 0 Å². The summed E-state index contributed by atoms with van der Waals surface area (Å²) < 4.78 is 5.44. The van der Waals surface area contributed by atoms with Crippen molar-refractivity contribution in [2.24, 2.45) is 0 Å². The van der Waals surface area contributed by atoms with Gasteiger partial charge in [0.25, 0.3) is 0 Å². The van der Waals surface area contributed by atoms with Gasteiger partial charge in [-0.15, -0.1) is 0 Å². The number of hydrogen-bond acceptors (Lipinski definition) is 4. The summed E-state index contributed by atoms with van der Waals surface area (Å²) in [5.41, 5.74) is 7.36. The van der Waals surface area contributed by atoms with Crippen molar-refractivity contribution in [3.8, 4) is 0 Å². The highest BCUT2D eigenvalue weighted by atomic mass is 16.5. The van der Waals surface area contributed by atoms with Crippen LogP contribution >= 0.6 is 0 Å². The molecule has 1 heterocycles. The number of carboxylic acid groups (broad SMARTS) is 1. The van der Waals surface area contributed by atoms with E-state index in [4.69, 9.17) is 10.5 Å². The Morgan fingerprint density at radius 1 is 1.61 bits per heavy atom. The Kier molecular flexibility index (Phi) is 3.72. The number of hydrogen-bond donors (Lipinski definition) is 2. The van der Waals surface area contributed by atoms with Crippen molar-refractivity contribution in [3.63, 3.8) is 0 Å². The highest BCUT2D eigenvalue weighted by molar-refractivity contribution is 5.98. The zero-order valence-electron chi connectivity index (χ0n) is 10.4. The fraction of sp³-hybridized carbons (Fsp3) is 0.462. The highest BCUT2D eigenvalue weighted by Crippen LogP contribution is 2.31. The minimum Gasteiger partial charge on any atom is -0.478 e. The maximum absolute atomic E-state index is 11.3. The monoisotopic (exact) mass is 250 g/mol. The van der Waals surface area contributed by atoms with E-state index in [2.05, 4.69) is 11.8 Å². The molecule has 1 aliphatic rings. The molecule has 18 heavy (non-hydrogen) atoms. The number of nitrogen functional groups attached to an aromatic ring is 1. The zero-order chi connectivity index (χ0) is 13.1. The Labute approximate surface area is 106 Å². The Morgan fingerprint density at radius 2 is 2.39 bits per heavy atom. The lowest BCUT2D eigenvalue weighted by Gasteiger charge is -2.38. The maximum Gasteiger partial charge on any atom is 0.337 e. The molecule has 0 amide bonds. The van der Waals surface area contributed by atoms with E-state index in [9.17, 15) is 9.90 Å². The molecule has 0 saturated carbocycles. The molecule has 2 rings (SSSR count). The Hall–Kier alpha value is -1.75. The second-order valence-electron chi connectivity index (χ2n) is 4.38. The summed E-state index contributed by atoms with van der Waals surface area (Å²) in [5.74, 6) is -0.946. The lowest BCUT2D eigenvalue weighted by Crippen LogP contribution is -2.46. The standard InChI is InChI=1S/C13H18N2O3/c1-2-9-8-18-7-6-15(9)12-10(13(16)17)4-3-5-11(12)14/h3-5,9H,2,6-8,14H2,1H3,(H,16,17). The van der Waals surface area contributed by atoms with Crippen LogP contribution in [0.25, 0.3) is 0 Å². The number of aromatic carboxylic acids is 1. The summed E-state index contributed by atoms with van der Waals surface area (Å²) in [6.45, 7) is 3.95. The molecule has 1 aliphatic heterocycles. The second kappa shape index (κ2) is 5.27. The van der Waals surface area contributed by atoms with Crippen molar-refractivity contribution in [3.05, 3.63) is 23.8 Å². The third kappa shape index (κ3) is 2.26. The average molecular weight is 250 g/mol. The van der Waals surface area contributed by atoms with Gasteiger partial charge in [-0.05, 0) is 18.6 Å². The van der Waals surface area contributed by atoms with Crippen LogP contribution in [0.15, 0.2) is 18.2 Å². The molecule has 1 aromatic rings. The lowest BCUT2D eigenvalue weighted by atomic mass is 10.1. The smallest absolute Gasteiger partial charge is 0.337 e. The van der Waals surface area contributed by atoms with Crippen molar-refractivity contribution in [2.75, 3.05) is 30.4 Å². The van der Waals surface area contributed by atoms with Crippen LogP contribution in [0.1, 0.15) is 23.7 Å². The van der Waals surface area contributed by atoms with Crippen LogP contribution in [-0.4, -0.2) is 36.9 Å². The van der Waals surface area contributed by atoms with Gasteiger partial charge in [-0.2, -0.15) is 0 Å². The van der Waals surface area contributed by atoms with Crippen LogP contribution in [0.3, 0.4) is 0 Å². The number of nitrogens with zero attached hydrogens (tertiary/aromatic N) is 1. The maximum atomic E-state index is 11.3. The number of morpholine rings is 1. The molecule has 1 fully saturated rings. The summed E-state index contributed by atoms with van der Waals surface area (Å²) in [5, 5.41) is 9.27. The van der Waals surface area contributed by atoms with E-state index < -0.39 is 5.97 Å². The predicted molar refractivity (Wildman–Crippen MR) is 70.1 cm³/mol. The third-order valence-corrected chi connectivity index (χ3v) is 3.28. The first-order chi connectivity index (χ1) is 8.65. The molecule has 0 aliphatic carbocycles. The van der Waals surface area contributed by atoms with Crippen LogP contribution in [0.2, 0.25) is 0 Å². The van der Waals surface area contributed by atoms with Crippen molar-refractivity contribution < 1.29 is 14.6 Å². The molecule has 1 saturated heterocycles. The summed E-state index contributed by atoms with van der Waals surface area (Å²) in [6, 6.07) is 5.19. The molecule has 0 bridgehead atoms. The van der Waals surface area contributed by atoms with Crippen LogP contribution in [0.5, 0.6) is 0 Å². The fourth-order valence-electron chi connectivity index (χ4n) is 2.34. The van der Waals surface area contributed by atoms with Crippen LogP contribution in [-0.2, 0) is 4.74 Å². The SMILES string of the molecule is CCC1COCCN1c1c(N)cccc1C(=O)O. The van der Waals surface area contributed by atoms with Gasteiger partial charge in [0.05, 0.1) is 36.2 Å².